The maximum absolute atomic E-state index is 12.0. The Morgan fingerprint density at radius 1 is 1.00 bits per heavy atom. The highest BCUT2D eigenvalue weighted by atomic mass is 32.2. The van der Waals surface area contributed by atoms with Gasteiger partial charge in [0, 0.05) is 10.5 Å². The van der Waals surface area contributed by atoms with Gasteiger partial charge in [-0.25, -0.2) is 0 Å². The van der Waals surface area contributed by atoms with Crippen molar-refractivity contribution < 1.29 is 9.21 Å². The van der Waals surface area contributed by atoms with Crippen LogP contribution in [0.4, 0.5) is 6.01 Å². The van der Waals surface area contributed by atoms with Gasteiger partial charge in [-0.3, -0.25) is 10.1 Å². The summed E-state index contributed by atoms with van der Waals surface area (Å²) in [6.07, 6.45) is 0. The molecule has 6 heteroatoms. The molecular weight excluding hydrogens is 334 g/mol. The zero-order chi connectivity index (χ0) is 17.8. The number of nitrogens with one attached hydrogen (secondary N) is 1. The molecule has 0 aliphatic rings. The number of aromatic nitrogens is 2. The summed E-state index contributed by atoms with van der Waals surface area (Å²) in [5.74, 6) is 0.499. The molecule has 0 spiro atoms. The van der Waals surface area contributed by atoms with Gasteiger partial charge in [-0.05, 0) is 45.0 Å². The van der Waals surface area contributed by atoms with Crippen LogP contribution in [0, 0.1) is 20.8 Å². The molecule has 0 radical (unpaired) electrons. The van der Waals surface area contributed by atoms with Crippen molar-refractivity contribution in [3.63, 3.8) is 0 Å². The fourth-order valence-electron chi connectivity index (χ4n) is 2.43. The van der Waals surface area contributed by atoms with Crippen LogP contribution in [-0.2, 0) is 4.79 Å². The normalized spacial score (nSPS) is 10.7. The third-order valence-corrected chi connectivity index (χ3v) is 4.54. The van der Waals surface area contributed by atoms with Crippen LogP contribution >= 0.6 is 11.8 Å². The van der Waals surface area contributed by atoms with E-state index in [4.69, 9.17) is 4.42 Å². The van der Waals surface area contributed by atoms with E-state index in [1.807, 2.05) is 57.2 Å². The largest absolute Gasteiger partial charge is 0.403 e. The molecule has 3 aromatic rings. The van der Waals surface area contributed by atoms with Crippen molar-refractivity contribution in [1.82, 2.24) is 10.2 Å². The van der Waals surface area contributed by atoms with Crippen LogP contribution in [0.2, 0.25) is 0 Å². The zero-order valence-corrected chi connectivity index (χ0v) is 15.2. The fourth-order valence-corrected chi connectivity index (χ4v) is 3.13. The Balaban J connectivity index is 1.60. The Morgan fingerprint density at radius 3 is 2.36 bits per heavy atom. The quantitative estimate of drug-likeness (QED) is 0.689. The summed E-state index contributed by atoms with van der Waals surface area (Å²) >= 11 is 1.46. The molecule has 0 aliphatic carbocycles. The molecule has 0 bridgehead atoms. The summed E-state index contributed by atoms with van der Waals surface area (Å²) in [5.41, 5.74) is 4.28. The lowest BCUT2D eigenvalue weighted by Gasteiger charge is -2.02. The SMILES string of the molecule is Cc1ccc(SCC(=O)Nc2nnc(-c3cc(C)cc(C)c3)o2)cc1. The fraction of sp³-hybridized carbons (Fsp3) is 0.211. The molecule has 0 aliphatic heterocycles. The lowest BCUT2D eigenvalue weighted by atomic mass is 10.1. The smallest absolute Gasteiger partial charge is 0.322 e. The van der Waals surface area contributed by atoms with E-state index >= 15 is 0 Å². The second-order valence-corrected chi connectivity index (χ2v) is 6.99. The number of benzene rings is 2. The third kappa shape index (κ3) is 4.70. The summed E-state index contributed by atoms with van der Waals surface area (Å²) in [6.45, 7) is 6.06. The molecule has 128 valence electrons. The van der Waals surface area contributed by atoms with Crippen molar-refractivity contribution in [3.05, 3.63) is 59.2 Å². The molecule has 0 unspecified atom stereocenters. The molecule has 0 saturated carbocycles. The number of amides is 1. The van der Waals surface area contributed by atoms with Gasteiger partial charge >= 0.3 is 6.01 Å². The minimum Gasteiger partial charge on any atom is -0.403 e. The predicted octanol–water partition coefficient (Wildman–Crippen LogP) is 4.39. The second-order valence-electron chi connectivity index (χ2n) is 5.94. The van der Waals surface area contributed by atoms with Crippen molar-refractivity contribution in [2.24, 2.45) is 0 Å². The van der Waals surface area contributed by atoms with Crippen molar-refractivity contribution in [1.29, 1.82) is 0 Å². The van der Waals surface area contributed by atoms with Crippen LogP contribution in [0.15, 0.2) is 51.8 Å². The highest BCUT2D eigenvalue weighted by Gasteiger charge is 2.12. The maximum atomic E-state index is 12.0. The Labute approximate surface area is 150 Å². The molecule has 0 atom stereocenters. The predicted molar refractivity (Wildman–Crippen MR) is 99.7 cm³/mol. The number of aryl methyl sites for hydroxylation is 3. The average molecular weight is 353 g/mol. The van der Waals surface area contributed by atoms with Crippen LogP contribution in [0.3, 0.4) is 0 Å². The van der Waals surface area contributed by atoms with E-state index in [9.17, 15) is 4.79 Å². The van der Waals surface area contributed by atoms with Crippen LogP contribution in [-0.4, -0.2) is 21.9 Å². The van der Waals surface area contributed by atoms with E-state index in [2.05, 4.69) is 21.6 Å². The van der Waals surface area contributed by atoms with Crippen LogP contribution in [0.25, 0.3) is 11.5 Å². The van der Waals surface area contributed by atoms with Crippen LogP contribution in [0.5, 0.6) is 0 Å². The van der Waals surface area contributed by atoms with Crippen molar-refractivity contribution >= 4 is 23.7 Å². The molecule has 1 N–H and O–H groups in total. The van der Waals surface area contributed by atoms with Crippen LogP contribution in [0.1, 0.15) is 16.7 Å². The molecule has 1 amide bonds. The Morgan fingerprint density at radius 2 is 1.68 bits per heavy atom. The lowest BCUT2D eigenvalue weighted by Crippen LogP contribution is -2.14. The van der Waals surface area contributed by atoms with Gasteiger partial charge in [0.1, 0.15) is 0 Å². The minimum atomic E-state index is -0.179. The first-order valence-corrected chi connectivity index (χ1v) is 8.89. The summed E-state index contributed by atoms with van der Waals surface area (Å²) in [7, 11) is 0. The molecule has 0 fully saturated rings. The topological polar surface area (TPSA) is 68.0 Å². The van der Waals surface area contributed by atoms with Gasteiger partial charge in [-0.15, -0.1) is 16.9 Å². The van der Waals surface area contributed by atoms with Gasteiger partial charge in [0.25, 0.3) is 0 Å². The average Bonchev–Trinajstić information content (AvgIpc) is 3.02. The molecule has 1 aromatic heterocycles. The van der Waals surface area contributed by atoms with Gasteiger partial charge in [0.15, 0.2) is 0 Å². The molecule has 2 aromatic carbocycles. The van der Waals surface area contributed by atoms with E-state index in [0.717, 1.165) is 21.6 Å². The monoisotopic (exact) mass is 353 g/mol. The number of carbonyl (C=O) groups excluding carboxylic acids is 1. The maximum Gasteiger partial charge on any atom is 0.322 e. The summed E-state index contributed by atoms with van der Waals surface area (Å²) in [6, 6.07) is 14.2. The summed E-state index contributed by atoms with van der Waals surface area (Å²) in [5, 5.41) is 10.6. The molecule has 1 heterocycles. The van der Waals surface area contributed by atoms with Gasteiger partial charge < -0.3 is 4.42 Å². The third-order valence-electron chi connectivity index (χ3n) is 3.53. The van der Waals surface area contributed by atoms with E-state index in [0.29, 0.717) is 5.89 Å². The summed E-state index contributed by atoms with van der Waals surface area (Å²) in [4.78, 5) is 13.1. The van der Waals surface area contributed by atoms with Crippen molar-refractivity contribution in [3.8, 4) is 11.5 Å². The molecular formula is C19H19N3O2S. The Hall–Kier alpha value is -2.60. The van der Waals surface area contributed by atoms with Crippen LogP contribution < -0.4 is 5.32 Å². The second kappa shape index (κ2) is 7.53. The Bertz CT molecular complexity index is 868. The molecule has 5 nitrogen and oxygen atoms in total. The Kier molecular flexibility index (Phi) is 5.19. The minimum absolute atomic E-state index is 0.115. The first-order valence-electron chi connectivity index (χ1n) is 7.91. The standard InChI is InChI=1S/C19H19N3O2S/c1-12-4-6-16(7-5-12)25-11-17(23)20-19-22-21-18(24-19)15-9-13(2)8-14(3)10-15/h4-10H,11H2,1-3H3,(H,20,22,23). The van der Waals surface area contributed by atoms with Gasteiger partial charge in [0.2, 0.25) is 11.8 Å². The van der Waals surface area contributed by atoms with E-state index in [-0.39, 0.29) is 17.7 Å². The van der Waals surface area contributed by atoms with E-state index in [1.165, 1.54) is 17.3 Å². The number of thioether (sulfide) groups is 1. The van der Waals surface area contributed by atoms with E-state index < -0.39 is 0 Å². The number of hydrogen-bond donors (Lipinski definition) is 1. The number of nitrogens with zero attached hydrogens (tertiary/aromatic N) is 2. The highest BCUT2D eigenvalue weighted by Crippen LogP contribution is 2.23. The number of hydrogen-bond acceptors (Lipinski definition) is 5. The molecule has 3 rings (SSSR count). The number of rotatable bonds is 5. The lowest BCUT2D eigenvalue weighted by molar-refractivity contribution is -0.113. The zero-order valence-electron chi connectivity index (χ0n) is 14.4. The molecule has 25 heavy (non-hydrogen) atoms. The van der Waals surface area contributed by atoms with Crippen molar-refractivity contribution in [2.75, 3.05) is 11.1 Å². The number of carbonyl (C=O) groups is 1. The molecule has 0 saturated heterocycles. The number of anilines is 1. The van der Waals surface area contributed by atoms with E-state index in [1.54, 1.807) is 0 Å². The van der Waals surface area contributed by atoms with Gasteiger partial charge in [0.05, 0.1) is 5.75 Å². The van der Waals surface area contributed by atoms with Gasteiger partial charge in [-0.2, -0.15) is 0 Å². The van der Waals surface area contributed by atoms with Gasteiger partial charge in [-0.1, -0.05) is 40.0 Å². The van der Waals surface area contributed by atoms with Crippen molar-refractivity contribution in [2.45, 2.75) is 25.7 Å². The first-order chi connectivity index (χ1) is 12.0. The highest BCUT2D eigenvalue weighted by molar-refractivity contribution is 8.00. The first kappa shape index (κ1) is 17.2. The summed E-state index contributed by atoms with van der Waals surface area (Å²) < 4.78 is 5.55.